The fourth-order valence-corrected chi connectivity index (χ4v) is 3.82. The smallest absolute Gasteiger partial charge is 0.269 e. The molecule has 4 rings (SSSR count). The highest BCUT2D eigenvalue weighted by atomic mass is 16.6. The first-order valence-corrected chi connectivity index (χ1v) is 9.68. The molecule has 9 heteroatoms. The standard InChI is InChI=1S/C20H23N5O4/c1-13-12-29-10-9-24(13)20-17-7-8-23(14(2)26)11-18(17)21-19(22-20)15-3-5-16(6-4-15)25(27)28/h3-6,13H,7-12H2,1-2H3. The van der Waals surface area contributed by atoms with Gasteiger partial charge in [-0.05, 0) is 25.5 Å². The second kappa shape index (κ2) is 7.75. The minimum Gasteiger partial charge on any atom is -0.377 e. The Bertz CT molecular complexity index is 947. The van der Waals surface area contributed by atoms with E-state index in [0.717, 1.165) is 23.6 Å². The Labute approximate surface area is 168 Å². The Balaban J connectivity index is 1.79. The van der Waals surface area contributed by atoms with Gasteiger partial charge < -0.3 is 14.5 Å². The molecule has 0 N–H and O–H groups in total. The highest BCUT2D eigenvalue weighted by molar-refractivity contribution is 5.74. The van der Waals surface area contributed by atoms with Gasteiger partial charge in [0.1, 0.15) is 5.82 Å². The Morgan fingerprint density at radius 3 is 2.66 bits per heavy atom. The molecule has 1 saturated heterocycles. The molecule has 2 aliphatic rings. The van der Waals surface area contributed by atoms with Crippen LogP contribution in [0.15, 0.2) is 24.3 Å². The van der Waals surface area contributed by atoms with Crippen molar-refractivity contribution in [2.75, 3.05) is 31.2 Å². The molecule has 1 aromatic heterocycles. The van der Waals surface area contributed by atoms with Crippen LogP contribution in [0.1, 0.15) is 25.1 Å². The molecular formula is C20H23N5O4. The molecule has 0 saturated carbocycles. The van der Waals surface area contributed by atoms with Crippen LogP contribution >= 0.6 is 0 Å². The first kappa shape index (κ1) is 19.3. The SMILES string of the molecule is CC(=O)N1CCc2c(nc(-c3ccc([N+](=O)[O-])cc3)nc2N2CCOCC2C)C1. The van der Waals surface area contributed by atoms with Crippen LogP contribution in [0.2, 0.25) is 0 Å². The molecule has 1 amide bonds. The molecule has 0 radical (unpaired) electrons. The van der Waals surface area contributed by atoms with Crippen molar-refractivity contribution in [1.29, 1.82) is 0 Å². The van der Waals surface area contributed by atoms with Gasteiger partial charge in [0.2, 0.25) is 5.91 Å². The normalized spacial score (nSPS) is 19.0. The van der Waals surface area contributed by atoms with Crippen LogP contribution in [0.4, 0.5) is 11.5 Å². The minimum atomic E-state index is -0.428. The number of carbonyl (C=O) groups is 1. The molecule has 2 aromatic rings. The third-order valence-electron chi connectivity index (χ3n) is 5.46. The summed E-state index contributed by atoms with van der Waals surface area (Å²) in [5, 5.41) is 11.0. The number of fused-ring (bicyclic) bond motifs is 1. The first-order valence-electron chi connectivity index (χ1n) is 9.68. The van der Waals surface area contributed by atoms with Crippen molar-refractivity contribution in [3.05, 3.63) is 45.6 Å². The van der Waals surface area contributed by atoms with Crippen LogP contribution in [0.25, 0.3) is 11.4 Å². The van der Waals surface area contributed by atoms with E-state index in [1.165, 1.54) is 12.1 Å². The lowest BCUT2D eigenvalue weighted by Gasteiger charge is -2.37. The fraction of sp³-hybridized carbons (Fsp3) is 0.450. The van der Waals surface area contributed by atoms with Crippen LogP contribution in [-0.2, 0) is 22.5 Å². The van der Waals surface area contributed by atoms with E-state index in [2.05, 4.69) is 11.8 Å². The summed E-state index contributed by atoms with van der Waals surface area (Å²) in [6.45, 7) is 6.76. The molecule has 1 fully saturated rings. The van der Waals surface area contributed by atoms with E-state index in [0.29, 0.717) is 44.1 Å². The zero-order valence-corrected chi connectivity index (χ0v) is 16.5. The number of nitro groups is 1. The summed E-state index contributed by atoms with van der Waals surface area (Å²) in [5.74, 6) is 1.41. The van der Waals surface area contributed by atoms with E-state index in [-0.39, 0.29) is 17.6 Å². The molecular weight excluding hydrogens is 374 g/mol. The van der Waals surface area contributed by atoms with E-state index in [1.807, 2.05) is 0 Å². The van der Waals surface area contributed by atoms with Gasteiger partial charge in [-0.15, -0.1) is 0 Å². The second-order valence-electron chi connectivity index (χ2n) is 7.41. The Morgan fingerprint density at radius 1 is 1.24 bits per heavy atom. The number of anilines is 1. The lowest BCUT2D eigenvalue weighted by atomic mass is 10.0. The Hall–Kier alpha value is -3.07. The van der Waals surface area contributed by atoms with Crippen molar-refractivity contribution in [2.24, 2.45) is 0 Å². The van der Waals surface area contributed by atoms with Crippen LogP contribution in [0, 0.1) is 10.1 Å². The number of nitrogens with zero attached hydrogens (tertiary/aromatic N) is 5. The lowest BCUT2D eigenvalue weighted by Crippen LogP contribution is -2.45. The zero-order chi connectivity index (χ0) is 20.5. The summed E-state index contributed by atoms with van der Waals surface area (Å²) in [6.07, 6.45) is 0.703. The summed E-state index contributed by atoms with van der Waals surface area (Å²) in [4.78, 5) is 36.0. The van der Waals surface area contributed by atoms with E-state index in [4.69, 9.17) is 14.7 Å². The zero-order valence-electron chi connectivity index (χ0n) is 16.5. The summed E-state index contributed by atoms with van der Waals surface area (Å²) in [6, 6.07) is 6.42. The molecule has 1 unspecified atom stereocenters. The lowest BCUT2D eigenvalue weighted by molar-refractivity contribution is -0.384. The topological polar surface area (TPSA) is 102 Å². The summed E-state index contributed by atoms with van der Waals surface area (Å²) in [7, 11) is 0. The van der Waals surface area contributed by atoms with Gasteiger partial charge >= 0.3 is 0 Å². The van der Waals surface area contributed by atoms with E-state index >= 15 is 0 Å². The van der Waals surface area contributed by atoms with Crippen molar-refractivity contribution >= 4 is 17.4 Å². The Morgan fingerprint density at radius 2 is 2.00 bits per heavy atom. The number of hydrogen-bond donors (Lipinski definition) is 0. The predicted molar refractivity (Wildman–Crippen MR) is 107 cm³/mol. The van der Waals surface area contributed by atoms with Gasteiger partial charge in [-0.25, -0.2) is 9.97 Å². The highest BCUT2D eigenvalue weighted by Crippen LogP contribution is 2.31. The molecule has 0 aliphatic carbocycles. The summed E-state index contributed by atoms with van der Waals surface area (Å²) in [5.41, 5.74) is 2.64. The van der Waals surface area contributed by atoms with Crippen LogP contribution < -0.4 is 4.90 Å². The molecule has 29 heavy (non-hydrogen) atoms. The van der Waals surface area contributed by atoms with Crippen molar-refractivity contribution in [3.8, 4) is 11.4 Å². The quantitative estimate of drug-likeness (QED) is 0.578. The Kier molecular flexibility index (Phi) is 5.14. The molecule has 0 bridgehead atoms. The van der Waals surface area contributed by atoms with Gasteiger partial charge in [0.15, 0.2) is 5.82 Å². The fourth-order valence-electron chi connectivity index (χ4n) is 3.82. The number of aromatic nitrogens is 2. The summed E-state index contributed by atoms with van der Waals surface area (Å²) >= 11 is 0. The molecule has 152 valence electrons. The van der Waals surface area contributed by atoms with Gasteiger partial charge in [0.05, 0.1) is 36.4 Å². The van der Waals surface area contributed by atoms with Crippen LogP contribution in [0.3, 0.4) is 0 Å². The van der Waals surface area contributed by atoms with Crippen molar-refractivity contribution in [3.63, 3.8) is 0 Å². The maximum Gasteiger partial charge on any atom is 0.269 e. The molecule has 0 spiro atoms. The van der Waals surface area contributed by atoms with Crippen molar-refractivity contribution in [2.45, 2.75) is 32.9 Å². The summed E-state index contributed by atoms with van der Waals surface area (Å²) < 4.78 is 5.57. The molecule has 1 aromatic carbocycles. The van der Waals surface area contributed by atoms with Gasteiger partial charge in [-0.3, -0.25) is 14.9 Å². The number of hydrogen-bond acceptors (Lipinski definition) is 7. The average Bonchev–Trinajstić information content (AvgIpc) is 2.73. The third-order valence-corrected chi connectivity index (χ3v) is 5.46. The van der Waals surface area contributed by atoms with Gasteiger partial charge in [-0.2, -0.15) is 0 Å². The maximum absolute atomic E-state index is 11.9. The monoisotopic (exact) mass is 397 g/mol. The number of ether oxygens (including phenoxy) is 1. The maximum atomic E-state index is 11.9. The number of non-ortho nitro benzene ring substituents is 1. The largest absolute Gasteiger partial charge is 0.377 e. The second-order valence-corrected chi connectivity index (χ2v) is 7.41. The van der Waals surface area contributed by atoms with Crippen LogP contribution in [0.5, 0.6) is 0 Å². The van der Waals surface area contributed by atoms with Gasteiger partial charge in [0.25, 0.3) is 5.69 Å². The number of benzene rings is 1. The molecule has 2 aliphatic heterocycles. The van der Waals surface area contributed by atoms with E-state index in [9.17, 15) is 14.9 Å². The molecule has 1 atom stereocenters. The number of nitro benzene ring substituents is 1. The number of amides is 1. The average molecular weight is 397 g/mol. The van der Waals surface area contributed by atoms with Crippen molar-refractivity contribution < 1.29 is 14.5 Å². The molecule has 9 nitrogen and oxygen atoms in total. The number of carbonyl (C=O) groups excluding carboxylic acids is 1. The van der Waals surface area contributed by atoms with Gasteiger partial charge in [-0.1, -0.05) is 0 Å². The predicted octanol–water partition coefficient (Wildman–Crippen LogP) is 2.18. The van der Waals surface area contributed by atoms with Crippen molar-refractivity contribution in [1.82, 2.24) is 14.9 Å². The van der Waals surface area contributed by atoms with Gasteiger partial charge in [0, 0.05) is 43.3 Å². The number of rotatable bonds is 3. The van der Waals surface area contributed by atoms with E-state index < -0.39 is 4.92 Å². The van der Waals surface area contributed by atoms with E-state index in [1.54, 1.807) is 24.0 Å². The first-order chi connectivity index (χ1) is 13.9. The minimum absolute atomic E-state index is 0.0208. The third kappa shape index (κ3) is 3.77. The molecule has 3 heterocycles. The number of morpholine rings is 1. The van der Waals surface area contributed by atoms with Crippen LogP contribution in [-0.4, -0.2) is 58.0 Å². The highest BCUT2D eigenvalue weighted by Gasteiger charge is 2.29.